The third-order valence-corrected chi connectivity index (χ3v) is 2.44. The SMILES string of the molecule is Cc1nnc(SC(C)(C)C)nc1C. The molecule has 0 aliphatic rings. The molecule has 1 aromatic heterocycles. The zero-order valence-corrected chi connectivity index (χ0v) is 9.57. The predicted octanol–water partition coefficient (Wildman–Crippen LogP) is 2.38. The van der Waals surface area contributed by atoms with Crippen LogP contribution in [0.3, 0.4) is 0 Å². The van der Waals surface area contributed by atoms with Gasteiger partial charge in [0.2, 0.25) is 5.16 Å². The summed E-state index contributed by atoms with van der Waals surface area (Å²) in [5.41, 5.74) is 1.86. The number of aromatic nitrogens is 3. The van der Waals surface area contributed by atoms with Crippen LogP contribution in [0, 0.1) is 13.8 Å². The first-order valence-electron chi connectivity index (χ1n) is 4.25. The summed E-state index contributed by atoms with van der Waals surface area (Å²) >= 11 is 1.64. The van der Waals surface area contributed by atoms with Crippen LogP contribution in [0.2, 0.25) is 0 Å². The Balaban J connectivity index is 2.86. The van der Waals surface area contributed by atoms with Crippen molar-refractivity contribution in [2.45, 2.75) is 44.5 Å². The molecule has 4 heteroatoms. The second kappa shape index (κ2) is 3.62. The summed E-state index contributed by atoms with van der Waals surface area (Å²) < 4.78 is 0.142. The summed E-state index contributed by atoms with van der Waals surface area (Å²) in [6.07, 6.45) is 0. The average molecular weight is 197 g/mol. The van der Waals surface area contributed by atoms with E-state index >= 15 is 0 Å². The fourth-order valence-electron chi connectivity index (χ4n) is 0.754. The molecule has 0 aromatic carbocycles. The van der Waals surface area contributed by atoms with Crippen LogP contribution in [0.1, 0.15) is 32.2 Å². The van der Waals surface area contributed by atoms with E-state index < -0.39 is 0 Å². The molecule has 13 heavy (non-hydrogen) atoms. The molecular formula is C9H15N3S. The molecule has 0 atom stereocenters. The topological polar surface area (TPSA) is 38.7 Å². The summed E-state index contributed by atoms with van der Waals surface area (Å²) in [7, 11) is 0. The number of hydrogen-bond acceptors (Lipinski definition) is 4. The van der Waals surface area contributed by atoms with Crippen LogP contribution in [-0.4, -0.2) is 19.9 Å². The average Bonchev–Trinajstić information content (AvgIpc) is 1.94. The molecule has 1 aromatic rings. The van der Waals surface area contributed by atoms with Gasteiger partial charge in [-0.3, -0.25) is 0 Å². The van der Waals surface area contributed by atoms with Gasteiger partial charge in [0.25, 0.3) is 0 Å². The minimum atomic E-state index is 0.142. The number of hydrogen-bond donors (Lipinski definition) is 0. The molecule has 1 rings (SSSR count). The van der Waals surface area contributed by atoms with Gasteiger partial charge in [-0.1, -0.05) is 32.5 Å². The molecule has 0 N–H and O–H groups in total. The maximum Gasteiger partial charge on any atom is 0.209 e. The van der Waals surface area contributed by atoms with E-state index in [4.69, 9.17) is 0 Å². The smallest absolute Gasteiger partial charge is 0.209 e. The minimum Gasteiger partial charge on any atom is -0.225 e. The van der Waals surface area contributed by atoms with E-state index in [0.717, 1.165) is 16.5 Å². The van der Waals surface area contributed by atoms with Gasteiger partial charge in [0, 0.05) is 4.75 Å². The van der Waals surface area contributed by atoms with E-state index in [-0.39, 0.29) is 4.75 Å². The molecule has 3 nitrogen and oxygen atoms in total. The number of aryl methyl sites for hydroxylation is 2. The Morgan fingerprint density at radius 3 is 2.08 bits per heavy atom. The van der Waals surface area contributed by atoms with E-state index in [1.807, 2.05) is 13.8 Å². The Kier molecular flexibility index (Phi) is 2.91. The van der Waals surface area contributed by atoms with E-state index in [0.29, 0.717) is 0 Å². The molecular weight excluding hydrogens is 182 g/mol. The van der Waals surface area contributed by atoms with Gasteiger partial charge in [-0.2, -0.15) is 5.10 Å². The zero-order chi connectivity index (χ0) is 10.1. The largest absolute Gasteiger partial charge is 0.225 e. The third kappa shape index (κ3) is 3.30. The minimum absolute atomic E-state index is 0.142. The van der Waals surface area contributed by atoms with Gasteiger partial charge in [0.15, 0.2) is 0 Å². The second-order valence-electron chi connectivity index (χ2n) is 3.98. The number of thioether (sulfide) groups is 1. The van der Waals surface area contributed by atoms with E-state index in [2.05, 4.69) is 36.0 Å². The van der Waals surface area contributed by atoms with Gasteiger partial charge in [0.05, 0.1) is 11.4 Å². The molecule has 0 unspecified atom stereocenters. The Hall–Kier alpha value is -0.640. The maximum atomic E-state index is 4.35. The fraction of sp³-hybridized carbons (Fsp3) is 0.667. The Bertz CT molecular complexity index is 304. The van der Waals surface area contributed by atoms with Gasteiger partial charge >= 0.3 is 0 Å². The molecule has 0 amide bonds. The van der Waals surface area contributed by atoms with Crippen molar-refractivity contribution in [1.29, 1.82) is 0 Å². The second-order valence-corrected chi connectivity index (χ2v) is 5.77. The highest BCUT2D eigenvalue weighted by Crippen LogP contribution is 2.28. The first kappa shape index (κ1) is 10.4. The monoisotopic (exact) mass is 197 g/mol. The van der Waals surface area contributed by atoms with Crippen molar-refractivity contribution < 1.29 is 0 Å². The summed E-state index contributed by atoms with van der Waals surface area (Å²) in [5, 5.41) is 8.82. The van der Waals surface area contributed by atoms with E-state index in [1.54, 1.807) is 11.8 Å². The van der Waals surface area contributed by atoms with Crippen molar-refractivity contribution in [2.24, 2.45) is 0 Å². The van der Waals surface area contributed by atoms with E-state index in [1.165, 1.54) is 0 Å². The Morgan fingerprint density at radius 2 is 1.62 bits per heavy atom. The lowest BCUT2D eigenvalue weighted by Gasteiger charge is -2.15. The third-order valence-electron chi connectivity index (χ3n) is 1.47. The molecule has 0 fully saturated rings. The van der Waals surface area contributed by atoms with Gasteiger partial charge in [-0.15, -0.1) is 5.10 Å². The molecule has 0 saturated carbocycles. The molecule has 0 radical (unpaired) electrons. The molecule has 0 aliphatic heterocycles. The van der Waals surface area contributed by atoms with Gasteiger partial charge in [0.1, 0.15) is 0 Å². The normalized spacial score (nSPS) is 11.8. The standard InChI is InChI=1S/C9H15N3S/c1-6-7(2)11-12-8(10-6)13-9(3,4)5/h1-5H3. The van der Waals surface area contributed by atoms with Crippen molar-refractivity contribution in [1.82, 2.24) is 15.2 Å². The summed E-state index contributed by atoms with van der Waals surface area (Å²) in [5.74, 6) is 0. The highest BCUT2D eigenvalue weighted by atomic mass is 32.2. The van der Waals surface area contributed by atoms with Crippen LogP contribution >= 0.6 is 11.8 Å². The van der Waals surface area contributed by atoms with Crippen molar-refractivity contribution in [2.75, 3.05) is 0 Å². The molecule has 72 valence electrons. The molecule has 0 saturated heterocycles. The number of rotatable bonds is 1. The molecule has 0 bridgehead atoms. The maximum absolute atomic E-state index is 4.35. The van der Waals surface area contributed by atoms with Crippen LogP contribution in [0.5, 0.6) is 0 Å². The van der Waals surface area contributed by atoms with Crippen LogP contribution in [0.25, 0.3) is 0 Å². The highest BCUT2D eigenvalue weighted by molar-refractivity contribution is 8.00. The van der Waals surface area contributed by atoms with Crippen LogP contribution in [0.15, 0.2) is 5.16 Å². The van der Waals surface area contributed by atoms with Crippen molar-refractivity contribution in [3.8, 4) is 0 Å². The zero-order valence-electron chi connectivity index (χ0n) is 8.75. The van der Waals surface area contributed by atoms with Crippen molar-refractivity contribution >= 4 is 11.8 Å². The summed E-state index contributed by atoms with van der Waals surface area (Å²) in [6, 6.07) is 0. The first-order chi connectivity index (χ1) is 5.88. The lowest BCUT2D eigenvalue weighted by molar-refractivity contribution is 0.755. The quantitative estimate of drug-likeness (QED) is 0.648. The molecule has 0 aliphatic carbocycles. The van der Waals surface area contributed by atoms with E-state index in [9.17, 15) is 0 Å². The predicted molar refractivity (Wildman–Crippen MR) is 54.9 cm³/mol. The van der Waals surface area contributed by atoms with Gasteiger partial charge in [-0.05, 0) is 13.8 Å². The highest BCUT2D eigenvalue weighted by Gasteiger charge is 2.14. The lowest BCUT2D eigenvalue weighted by Crippen LogP contribution is -2.09. The number of nitrogens with zero attached hydrogens (tertiary/aromatic N) is 3. The molecule has 1 heterocycles. The van der Waals surface area contributed by atoms with Crippen molar-refractivity contribution in [3.63, 3.8) is 0 Å². The van der Waals surface area contributed by atoms with Gasteiger partial charge < -0.3 is 0 Å². The van der Waals surface area contributed by atoms with Crippen LogP contribution in [-0.2, 0) is 0 Å². The van der Waals surface area contributed by atoms with Crippen LogP contribution in [0.4, 0.5) is 0 Å². The Morgan fingerprint density at radius 1 is 1.00 bits per heavy atom. The van der Waals surface area contributed by atoms with Crippen molar-refractivity contribution in [3.05, 3.63) is 11.4 Å². The summed E-state index contributed by atoms with van der Waals surface area (Å²) in [6.45, 7) is 10.3. The summed E-state index contributed by atoms with van der Waals surface area (Å²) in [4.78, 5) is 4.35. The first-order valence-corrected chi connectivity index (χ1v) is 5.07. The fourth-order valence-corrected chi connectivity index (χ4v) is 1.57. The Labute approximate surface area is 83.4 Å². The molecule has 0 spiro atoms. The van der Waals surface area contributed by atoms with Gasteiger partial charge in [-0.25, -0.2) is 4.98 Å². The lowest BCUT2D eigenvalue weighted by atomic mass is 10.3. The van der Waals surface area contributed by atoms with Crippen LogP contribution < -0.4 is 0 Å².